The molecule has 3 heteroatoms. The van der Waals surface area contributed by atoms with E-state index < -0.39 is 7.92 Å². The fourth-order valence-corrected chi connectivity index (χ4v) is 6.75. The maximum absolute atomic E-state index is 6.43. The van der Waals surface area contributed by atoms with Crippen LogP contribution in [0.1, 0.15) is 0 Å². The molecule has 1 heterocycles. The standard InChI is InChI=1S/C24H17OPS/c1-3-10-18(11-4-1)26(19-12-5-2-6-13-19)21-15-9-17-23-24(21)25-20-14-7-8-16-22(20)27-23/h1-17H. The molecule has 1 aliphatic rings. The van der Waals surface area contributed by atoms with E-state index >= 15 is 0 Å². The number of rotatable bonds is 3. The van der Waals surface area contributed by atoms with Crippen molar-refractivity contribution in [2.24, 2.45) is 0 Å². The summed E-state index contributed by atoms with van der Waals surface area (Å²) in [4.78, 5) is 2.36. The van der Waals surface area contributed by atoms with Gasteiger partial charge in [-0.25, -0.2) is 0 Å². The van der Waals surface area contributed by atoms with E-state index in [4.69, 9.17) is 4.74 Å². The number of hydrogen-bond donors (Lipinski definition) is 0. The van der Waals surface area contributed by atoms with Crippen LogP contribution in [-0.4, -0.2) is 0 Å². The van der Waals surface area contributed by atoms with Crippen LogP contribution >= 0.6 is 19.7 Å². The molecule has 0 N–H and O–H groups in total. The summed E-state index contributed by atoms with van der Waals surface area (Å²) in [5, 5.41) is 3.93. The first-order chi connectivity index (χ1) is 13.4. The summed E-state index contributed by atoms with van der Waals surface area (Å²) >= 11 is 1.79. The molecule has 0 unspecified atom stereocenters. The van der Waals surface area contributed by atoms with Gasteiger partial charge < -0.3 is 4.74 Å². The van der Waals surface area contributed by atoms with Crippen molar-refractivity contribution in [1.82, 2.24) is 0 Å². The highest BCUT2D eigenvalue weighted by atomic mass is 32.2. The summed E-state index contributed by atoms with van der Waals surface area (Å²) in [7, 11) is -0.688. The Morgan fingerprint density at radius 1 is 0.556 bits per heavy atom. The minimum absolute atomic E-state index is 0.688. The topological polar surface area (TPSA) is 9.23 Å². The maximum atomic E-state index is 6.43. The first-order valence-corrected chi connectivity index (χ1v) is 11.0. The molecule has 0 fully saturated rings. The van der Waals surface area contributed by atoms with Crippen LogP contribution in [0.15, 0.2) is 113 Å². The normalized spacial score (nSPS) is 12.2. The fraction of sp³-hybridized carbons (Fsp3) is 0. The zero-order valence-corrected chi connectivity index (χ0v) is 16.3. The molecule has 0 aliphatic carbocycles. The van der Waals surface area contributed by atoms with Gasteiger partial charge in [0.05, 0.1) is 9.79 Å². The lowest BCUT2D eigenvalue weighted by Crippen LogP contribution is -2.22. The third-order valence-corrected chi connectivity index (χ3v) is 8.07. The first kappa shape index (κ1) is 16.6. The Bertz CT molecular complexity index is 1040. The van der Waals surface area contributed by atoms with Crippen molar-refractivity contribution in [3.63, 3.8) is 0 Å². The Balaban J connectivity index is 1.69. The van der Waals surface area contributed by atoms with Gasteiger partial charge >= 0.3 is 0 Å². The van der Waals surface area contributed by atoms with Crippen LogP contribution in [0, 0.1) is 0 Å². The summed E-state index contributed by atoms with van der Waals surface area (Å²) in [6.45, 7) is 0. The Labute approximate surface area is 164 Å². The van der Waals surface area contributed by atoms with E-state index in [1.165, 1.54) is 25.7 Å². The van der Waals surface area contributed by atoms with Crippen molar-refractivity contribution in [2.75, 3.05) is 0 Å². The quantitative estimate of drug-likeness (QED) is 0.369. The fourth-order valence-electron chi connectivity index (χ4n) is 3.29. The van der Waals surface area contributed by atoms with Crippen LogP contribution in [-0.2, 0) is 0 Å². The molecule has 4 aromatic rings. The number of para-hydroxylation sites is 2. The molecule has 0 spiro atoms. The molecule has 0 aromatic heterocycles. The van der Waals surface area contributed by atoms with E-state index in [1.54, 1.807) is 11.8 Å². The van der Waals surface area contributed by atoms with Gasteiger partial charge in [-0.1, -0.05) is 96.7 Å². The minimum atomic E-state index is -0.688. The van der Waals surface area contributed by atoms with Crippen LogP contribution in [0.4, 0.5) is 0 Å². The zero-order chi connectivity index (χ0) is 18.1. The molecule has 130 valence electrons. The average molecular weight is 384 g/mol. The molecule has 0 atom stereocenters. The van der Waals surface area contributed by atoms with Gasteiger partial charge in [-0.2, -0.15) is 0 Å². The average Bonchev–Trinajstić information content (AvgIpc) is 2.74. The molecule has 27 heavy (non-hydrogen) atoms. The predicted molar refractivity (Wildman–Crippen MR) is 116 cm³/mol. The molecule has 1 aliphatic heterocycles. The second-order valence-electron chi connectivity index (χ2n) is 6.26. The molecule has 0 bridgehead atoms. The van der Waals surface area contributed by atoms with Crippen molar-refractivity contribution in [3.05, 3.63) is 103 Å². The number of ether oxygens (including phenoxy) is 1. The molecule has 4 aromatic carbocycles. The van der Waals surface area contributed by atoms with E-state index in [-0.39, 0.29) is 0 Å². The highest BCUT2D eigenvalue weighted by Gasteiger charge is 2.26. The molecule has 0 radical (unpaired) electrons. The van der Waals surface area contributed by atoms with Gasteiger partial charge in [-0.15, -0.1) is 0 Å². The van der Waals surface area contributed by atoms with Crippen LogP contribution in [0.3, 0.4) is 0 Å². The van der Waals surface area contributed by atoms with Gasteiger partial charge in [0, 0.05) is 5.30 Å². The summed E-state index contributed by atoms with van der Waals surface area (Å²) in [5.74, 6) is 1.94. The highest BCUT2D eigenvalue weighted by molar-refractivity contribution is 7.99. The Hall–Kier alpha value is -2.54. The summed E-state index contributed by atoms with van der Waals surface area (Å²) in [6.07, 6.45) is 0. The molecule has 0 saturated carbocycles. The van der Waals surface area contributed by atoms with Gasteiger partial charge in [-0.05, 0) is 36.7 Å². The molecular formula is C24H17OPS. The number of fused-ring (bicyclic) bond motifs is 2. The predicted octanol–water partition coefficient (Wildman–Crippen LogP) is 5.70. The van der Waals surface area contributed by atoms with Crippen LogP contribution in [0.5, 0.6) is 11.5 Å². The van der Waals surface area contributed by atoms with Crippen LogP contribution < -0.4 is 20.7 Å². The van der Waals surface area contributed by atoms with Gasteiger partial charge in [0.25, 0.3) is 0 Å². The lowest BCUT2D eigenvalue weighted by Gasteiger charge is -2.26. The third-order valence-electron chi connectivity index (χ3n) is 4.51. The highest BCUT2D eigenvalue weighted by Crippen LogP contribution is 2.49. The molecule has 0 amide bonds. The number of benzene rings is 4. The Morgan fingerprint density at radius 3 is 1.85 bits per heavy atom. The van der Waals surface area contributed by atoms with E-state index in [2.05, 4.69) is 97.1 Å². The summed E-state index contributed by atoms with van der Waals surface area (Å²) in [6, 6.07) is 36.3. The zero-order valence-electron chi connectivity index (χ0n) is 14.6. The van der Waals surface area contributed by atoms with Crippen LogP contribution in [0.25, 0.3) is 0 Å². The lowest BCUT2D eigenvalue weighted by molar-refractivity contribution is 0.458. The second kappa shape index (κ2) is 7.23. The van der Waals surface area contributed by atoms with Crippen molar-refractivity contribution in [2.45, 2.75) is 9.79 Å². The monoisotopic (exact) mass is 384 g/mol. The van der Waals surface area contributed by atoms with Crippen LogP contribution in [0.2, 0.25) is 0 Å². The van der Waals surface area contributed by atoms with Gasteiger partial charge in [0.1, 0.15) is 11.5 Å². The largest absolute Gasteiger partial charge is 0.454 e. The lowest BCUT2D eigenvalue weighted by atomic mass is 10.3. The maximum Gasteiger partial charge on any atom is 0.149 e. The molecule has 0 saturated heterocycles. The van der Waals surface area contributed by atoms with Gasteiger partial charge in [0.15, 0.2) is 0 Å². The van der Waals surface area contributed by atoms with E-state index in [0.29, 0.717) is 0 Å². The molecule has 5 rings (SSSR count). The van der Waals surface area contributed by atoms with Crippen molar-refractivity contribution in [1.29, 1.82) is 0 Å². The molecular weight excluding hydrogens is 367 g/mol. The summed E-state index contributed by atoms with van der Waals surface area (Å²) in [5.41, 5.74) is 0. The molecule has 1 nitrogen and oxygen atoms in total. The first-order valence-electron chi connectivity index (χ1n) is 8.88. The SMILES string of the molecule is c1ccc(P(c2ccccc2)c2cccc3c2Oc2ccccc2S3)cc1. The Morgan fingerprint density at radius 2 is 1.15 bits per heavy atom. The van der Waals surface area contributed by atoms with Gasteiger partial charge in [0.2, 0.25) is 0 Å². The Kier molecular flexibility index (Phi) is 4.45. The smallest absolute Gasteiger partial charge is 0.149 e. The summed E-state index contributed by atoms with van der Waals surface area (Å²) < 4.78 is 6.43. The van der Waals surface area contributed by atoms with E-state index in [1.807, 2.05) is 6.07 Å². The van der Waals surface area contributed by atoms with Gasteiger partial charge in [-0.3, -0.25) is 0 Å². The van der Waals surface area contributed by atoms with E-state index in [0.717, 1.165) is 11.5 Å². The van der Waals surface area contributed by atoms with E-state index in [9.17, 15) is 0 Å². The number of hydrogen-bond acceptors (Lipinski definition) is 2. The second-order valence-corrected chi connectivity index (χ2v) is 9.53. The van der Waals surface area contributed by atoms with Crippen molar-refractivity contribution >= 4 is 35.6 Å². The van der Waals surface area contributed by atoms with Crippen molar-refractivity contribution < 1.29 is 4.74 Å². The third kappa shape index (κ3) is 3.16. The van der Waals surface area contributed by atoms with Crippen molar-refractivity contribution in [3.8, 4) is 11.5 Å². The minimum Gasteiger partial charge on any atom is -0.454 e.